The fourth-order valence-corrected chi connectivity index (χ4v) is 3.55. The van der Waals surface area contributed by atoms with E-state index in [0.29, 0.717) is 6.54 Å². The maximum Gasteiger partial charge on any atom is 0.225 e. The first-order valence-electron chi connectivity index (χ1n) is 7.58. The summed E-state index contributed by atoms with van der Waals surface area (Å²) in [5, 5.41) is 10.4. The summed E-state index contributed by atoms with van der Waals surface area (Å²) in [6, 6.07) is 0. The number of hydrogen-bond donors (Lipinski definition) is 1. The number of rotatable bonds is 3. The molecule has 2 rings (SSSR count). The lowest BCUT2D eigenvalue weighted by Gasteiger charge is -2.30. The Bertz CT molecular complexity index is 276. The van der Waals surface area contributed by atoms with E-state index in [1.807, 2.05) is 7.05 Å². The zero-order chi connectivity index (χ0) is 13.0. The van der Waals surface area contributed by atoms with Crippen LogP contribution in [0.4, 0.5) is 0 Å². The normalized spacial score (nSPS) is 24.8. The van der Waals surface area contributed by atoms with Gasteiger partial charge in [-0.1, -0.05) is 38.5 Å². The Morgan fingerprint density at radius 1 is 1.11 bits per heavy atom. The van der Waals surface area contributed by atoms with E-state index < -0.39 is 5.60 Å². The number of hydrogen-bond acceptors (Lipinski definition) is 2. The third-order valence-electron chi connectivity index (χ3n) is 4.65. The lowest BCUT2D eigenvalue weighted by Crippen LogP contribution is -2.44. The van der Waals surface area contributed by atoms with Crippen molar-refractivity contribution < 1.29 is 9.90 Å². The highest BCUT2D eigenvalue weighted by Crippen LogP contribution is 2.31. The fourth-order valence-electron chi connectivity index (χ4n) is 3.55. The predicted molar refractivity (Wildman–Crippen MR) is 72.2 cm³/mol. The van der Waals surface area contributed by atoms with Gasteiger partial charge in [-0.3, -0.25) is 4.79 Å². The average molecular weight is 253 g/mol. The maximum atomic E-state index is 12.4. The van der Waals surface area contributed by atoms with Gasteiger partial charge in [0.2, 0.25) is 5.91 Å². The molecule has 2 aliphatic carbocycles. The van der Waals surface area contributed by atoms with Crippen LogP contribution in [0, 0.1) is 5.92 Å². The molecule has 0 spiro atoms. The Hall–Kier alpha value is -0.570. The fraction of sp³-hybridized carbons (Fsp3) is 0.933. The van der Waals surface area contributed by atoms with Gasteiger partial charge in [0.05, 0.1) is 5.60 Å². The summed E-state index contributed by atoms with van der Waals surface area (Å²) in [6.07, 6.45) is 10.9. The van der Waals surface area contributed by atoms with E-state index in [-0.39, 0.29) is 11.8 Å². The molecule has 0 aromatic heterocycles. The van der Waals surface area contributed by atoms with Crippen LogP contribution in [0.1, 0.15) is 64.2 Å². The SMILES string of the molecule is CN(CC1(O)CCCC1)C(=O)C1CCCCCC1. The van der Waals surface area contributed by atoms with Gasteiger partial charge in [-0.15, -0.1) is 0 Å². The van der Waals surface area contributed by atoms with Crippen LogP contribution >= 0.6 is 0 Å². The van der Waals surface area contributed by atoms with Gasteiger partial charge < -0.3 is 10.0 Å². The van der Waals surface area contributed by atoms with Gasteiger partial charge in [0.1, 0.15) is 0 Å². The van der Waals surface area contributed by atoms with E-state index in [0.717, 1.165) is 38.5 Å². The second-order valence-electron chi connectivity index (χ2n) is 6.31. The summed E-state index contributed by atoms with van der Waals surface area (Å²) in [6.45, 7) is 0.530. The molecule has 1 N–H and O–H groups in total. The number of carbonyl (C=O) groups excluding carboxylic acids is 1. The lowest BCUT2D eigenvalue weighted by molar-refractivity contribution is -0.137. The van der Waals surface area contributed by atoms with E-state index >= 15 is 0 Å². The summed E-state index contributed by atoms with van der Waals surface area (Å²) in [7, 11) is 1.86. The second kappa shape index (κ2) is 6.05. The molecule has 18 heavy (non-hydrogen) atoms. The van der Waals surface area contributed by atoms with E-state index in [2.05, 4.69) is 0 Å². The summed E-state index contributed by atoms with van der Waals surface area (Å²) < 4.78 is 0. The van der Waals surface area contributed by atoms with E-state index in [4.69, 9.17) is 0 Å². The van der Waals surface area contributed by atoms with Crippen molar-refractivity contribution in [3.05, 3.63) is 0 Å². The standard InChI is InChI=1S/C15H27NO2/c1-16(12-15(18)10-6-7-11-15)14(17)13-8-4-2-3-5-9-13/h13,18H,2-12H2,1H3. The highest BCUT2D eigenvalue weighted by Gasteiger charge is 2.34. The van der Waals surface area contributed by atoms with Crippen LogP contribution in [0.25, 0.3) is 0 Å². The molecule has 3 nitrogen and oxygen atoms in total. The van der Waals surface area contributed by atoms with E-state index in [1.54, 1.807) is 4.90 Å². The first-order chi connectivity index (χ1) is 8.61. The van der Waals surface area contributed by atoms with Crippen molar-refractivity contribution in [3.8, 4) is 0 Å². The molecule has 0 saturated heterocycles. The number of aliphatic hydroxyl groups is 1. The molecular formula is C15H27NO2. The van der Waals surface area contributed by atoms with Crippen molar-refractivity contribution in [3.63, 3.8) is 0 Å². The molecule has 0 aromatic carbocycles. The summed E-state index contributed by atoms with van der Waals surface area (Å²) in [5.41, 5.74) is -0.602. The Kier molecular flexibility index (Phi) is 4.66. The molecule has 0 aromatic rings. The molecule has 1 amide bonds. The zero-order valence-corrected chi connectivity index (χ0v) is 11.7. The largest absolute Gasteiger partial charge is 0.388 e. The van der Waals surface area contributed by atoms with Crippen LogP contribution in [0.2, 0.25) is 0 Å². The minimum Gasteiger partial charge on any atom is -0.388 e. The third-order valence-corrected chi connectivity index (χ3v) is 4.65. The number of carbonyl (C=O) groups is 1. The molecule has 0 radical (unpaired) electrons. The van der Waals surface area contributed by atoms with Gasteiger partial charge in [0.15, 0.2) is 0 Å². The van der Waals surface area contributed by atoms with Crippen molar-refractivity contribution in [2.24, 2.45) is 5.92 Å². The van der Waals surface area contributed by atoms with Crippen molar-refractivity contribution in [2.75, 3.05) is 13.6 Å². The second-order valence-corrected chi connectivity index (χ2v) is 6.31. The van der Waals surface area contributed by atoms with Gasteiger partial charge >= 0.3 is 0 Å². The summed E-state index contributed by atoms with van der Waals surface area (Å²) in [5.74, 6) is 0.472. The first-order valence-corrected chi connectivity index (χ1v) is 7.58. The van der Waals surface area contributed by atoms with Gasteiger partial charge in [0.25, 0.3) is 0 Å². The molecule has 0 heterocycles. The number of nitrogens with zero attached hydrogens (tertiary/aromatic N) is 1. The minimum atomic E-state index is -0.602. The van der Waals surface area contributed by atoms with Crippen molar-refractivity contribution in [2.45, 2.75) is 69.8 Å². The molecule has 3 heteroatoms. The summed E-state index contributed by atoms with van der Waals surface area (Å²) in [4.78, 5) is 14.2. The molecule has 0 unspecified atom stereocenters. The molecule has 2 saturated carbocycles. The van der Waals surface area contributed by atoms with E-state index in [9.17, 15) is 9.90 Å². The number of amides is 1. The highest BCUT2D eigenvalue weighted by molar-refractivity contribution is 5.78. The summed E-state index contributed by atoms with van der Waals surface area (Å²) >= 11 is 0. The monoisotopic (exact) mass is 253 g/mol. The van der Waals surface area contributed by atoms with Crippen LogP contribution in [0.3, 0.4) is 0 Å². The van der Waals surface area contributed by atoms with Gasteiger partial charge in [-0.25, -0.2) is 0 Å². The Morgan fingerprint density at radius 3 is 2.22 bits per heavy atom. The van der Waals surface area contributed by atoms with Gasteiger partial charge in [0, 0.05) is 19.5 Å². The van der Waals surface area contributed by atoms with Crippen molar-refractivity contribution >= 4 is 5.91 Å². The molecular weight excluding hydrogens is 226 g/mol. The molecule has 2 aliphatic rings. The van der Waals surface area contributed by atoms with Crippen molar-refractivity contribution in [1.82, 2.24) is 4.90 Å². The highest BCUT2D eigenvalue weighted by atomic mass is 16.3. The number of likely N-dealkylation sites (N-methyl/N-ethyl adjacent to an activating group) is 1. The maximum absolute atomic E-state index is 12.4. The van der Waals surface area contributed by atoms with Crippen LogP contribution in [-0.2, 0) is 4.79 Å². The van der Waals surface area contributed by atoms with Crippen LogP contribution in [-0.4, -0.2) is 35.1 Å². The zero-order valence-electron chi connectivity index (χ0n) is 11.7. The Labute approximate surface area is 111 Å². The molecule has 0 aliphatic heterocycles. The quantitative estimate of drug-likeness (QED) is 0.786. The minimum absolute atomic E-state index is 0.211. The lowest BCUT2D eigenvalue weighted by atomic mass is 9.97. The Balaban J connectivity index is 1.87. The smallest absolute Gasteiger partial charge is 0.225 e. The molecule has 0 bridgehead atoms. The average Bonchev–Trinajstić information content (AvgIpc) is 2.63. The Morgan fingerprint density at radius 2 is 1.67 bits per heavy atom. The topological polar surface area (TPSA) is 40.5 Å². The van der Waals surface area contributed by atoms with Crippen molar-refractivity contribution in [1.29, 1.82) is 0 Å². The van der Waals surface area contributed by atoms with Gasteiger partial charge in [-0.2, -0.15) is 0 Å². The van der Waals surface area contributed by atoms with Crippen LogP contribution < -0.4 is 0 Å². The van der Waals surface area contributed by atoms with Crippen LogP contribution in [0.5, 0.6) is 0 Å². The molecule has 104 valence electrons. The van der Waals surface area contributed by atoms with Crippen LogP contribution in [0.15, 0.2) is 0 Å². The predicted octanol–water partition coefficient (Wildman–Crippen LogP) is 2.72. The first kappa shape index (κ1) is 13.9. The third kappa shape index (κ3) is 3.47. The van der Waals surface area contributed by atoms with Gasteiger partial charge in [-0.05, 0) is 25.7 Å². The molecule has 2 fully saturated rings. The molecule has 0 atom stereocenters. The van der Waals surface area contributed by atoms with E-state index in [1.165, 1.54) is 25.7 Å².